The molecule has 3 rings (SSSR count). The van der Waals surface area contributed by atoms with Crippen LogP contribution in [0.3, 0.4) is 0 Å². The quantitative estimate of drug-likeness (QED) is 0.577. The number of rotatable bonds is 7. The van der Waals surface area contributed by atoms with E-state index in [1.54, 1.807) is 30.3 Å². The second-order valence-corrected chi connectivity index (χ2v) is 7.89. The van der Waals surface area contributed by atoms with Gasteiger partial charge in [0, 0.05) is 24.3 Å². The Kier molecular flexibility index (Phi) is 6.27. The fourth-order valence-corrected chi connectivity index (χ4v) is 3.77. The molecule has 1 aliphatic carbocycles. The number of carbonyl (C=O) groups is 1. The molecule has 0 saturated heterocycles. The van der Waals surface area contributed by atoms with Crippen LogP contribution in [0, 0.1) is 13.8 Å². The van der Waals surface area contributed by atoms with Crippen LogP contribution < -0.4 is 4.74 Å². The predicted molar refractivity (Wildman–Crippen MR) is 110 cm³/mol. The van der Waals surface area contributed by atoms with E-state index < -0.39 is 11.9 Å². The van der Waals surface area contributed by atoms with Gasteiger partial charge in [-0.05, 0) is 71.9 Å². The van der Waals surface area contributed by atoms with Crippen LogP contribution in [0.5, 0.6) is 5.75 Å². The van der Waals surface area contributed by atoms with E-state index in [1.165, 1.54) is 0 Å². The van der Waals surface area contributed by atoms with Gasteiger partial charge in [-0.3, -0.25) is 4.79 Å². The SMILES string of the molecule is Cc1c(CCC(=O)O)ccc(OCC2=C(c3ccc(Cl)cc3)CC(F)(F)C2)c1C. The Morgan fingerprint density at radius 3 is 2.45 bits per heavy atom. The van der Waals surface area contributed by atoms with E-state index in [4.69, 9.17) is 21.4 Å². The molecule has 154 valence electrons. The van der Waals surface area contributed by atoms with Gasteiger partial charge in [0.15, 0.2) is 0 Å². The van der Waals surface area contributed by atoms with E-state index in [0.29, 0.717) is 28.3 Å². The molecule has 0 aromatic heterocycles. The van der Waals surface area contributed by atoms with E-state index >= 15 is 0 Å². The lowest BCUT2D eigenvalue weighted by Gasteiger charge is -2.15. The van der Waals surface area contributed by atoms with Crippen LogP contribution in [0.25, 0.3) is 5.57 Å². The van der Waals surface area contributed by atoms with Crippen molar-refractivity contribution in [2.45, 2.75) is 45.5 Å². The monoisotopic (exact) mass is 420 g/mol. The summed E-state index contributed by atoms with van der Waals surface area (Å²) in [7, 11) is 0. The molecule has 2 aromatic rings. The summed E-state index contributed by atoms with van der Waals surface area (Å²) in [4.78, 5) is 10.8. The average Bonchev–Trinajstić information content (AvgIpc) is 2.97. The van der Waals surface area contributed by atoms with E-state index in [1.807, 2.05) is 19.9 Å². The van der Waals surface area contributed by atoms with Gasteiger partial charge in [0.2, 0.25) is 0 Å². The molecule has 0 heterocycles. The zero-order valence-electron chi connectivity index (χ0n) is 16.4. The van der Waals surface area contributed by atoms with Crippen LogP contribution in [-0.2, 0) is 11.2 Å². The standard InChI is InChI=1S/C23H23ClF2O3/c1-14-15(2)21(9-5-16(14)6-10-22(27)28)29-13-18-11-23(25,26)12-20(18)17-3-7-19(24)8-4-17/h3-5,7-9H,6,10-13H2,1-2H3,(H,27,28). The van der Waals surface area contributed by atoms with Crippen molar-refractivity contribution < 1.29 is 23.4 Å². The van der Waals surface area contributed by atoms with Crippen LogP contribution >= 0.6 is 11.6 Å². The molecule has 6 heteroatoms. The third kappa shape index (κ3) is 5.15. The van der Waals surface area contributed by atoms with Crippen LogP contribution in [0.4, 0.5) is 8.78 Å². The zero-order valence-corrected chi connectivity index (χ0v) is 17.2. The van der Waals surface area contributed by atoms with Gasteiger partial charge in [-0.1, -0.05) is 29.8 Å². The molecule has 2 aromatic carbocycles. The van der Waals surface area contributed by atoms with E-state index in [9.17, 15) is 13.6 Å². The normalized spacial score (nSPS) is 15.6. The van der Waals surface area contributed by atoms with Crippen molar-refractivity contribution in [2.75, 3.05) is 6.61 Å². The van der Waals surface area contributed by atoms with Gasteiger partial charge in [-0.2, -0.15) is 0 Å². The molecule has 0 unspecified atom stereocenters. The van der Waals surface area contributed by atoms with Crippen molar-refractivity contribution in [3.63, 3.8) is 0 Å². The Morgan fingerprint density at radius 1 is 1.10 bits per heavy atom. The Hall–Kier alpha value is -2.40. The van der Waals surface area contributed by atoms with Gasteiger partial charge < -0.3 is 9.84 Å². The summed E-state index contributed by atoms with van der Waals surface area (Å²) >= 11 is 5.92. The summed E-state index contributed by atoms with van der Waals surface area (Å²) in [5.74, 6) is -3.00. The first-order chi connectivity index (χ1) is 13.7. The Bertz CT molecular complexity index is 949. The summed E-state index contributed by atoms with van der Waals surface area (Å²) in [6.45, 7) is 3.90. The number of alkyl halides is 2. The number of benzene rings is 2. The fourth-order valence-electron chi connectivity index (χ4n) is 3.65. The van der Waals surface area contributed by atoms with Gasteiger partial charge in [0.05, 0.1) is 0 Å². The van der Waals surface area contributed by atoms with Crippen molar-refractivity contribution in [3.8, 4) is 5.75 Å². The third-order valence-corrected chi connectivity index (χ3v) is 5.64. The minimum absolute atomic E-state index is 0.0624. The summed E-state index contributed by atoms with van der Waals surface area (Å²) < 4.78 is 34.1. The van der Waals surface area contributed by atoms with E-state index in [-0.39, 0.29) is 25.9 Å². The number of aliphatic carboxylic acids is 1. The molecule has 29 heavy (non-hydrogen) atoms. The first-order valence-corrected chi connectivity index (χ1v) is 9.82. The van der Waals surface area contributed by atoms with Gasteiger partial charge in [0.1, 0.15) is 12.4 Å². The molecule has 0 saturated carbocycles. The molecule has 0 spiro atoms. The summed E-state index contributed by atoms with van der Waals surface area (Å²) in [5, 5.41) is 9.43. The molecular weight excluding hydrogens is 398 g/mol. The number of carboxylic acid groups (broad SMARTS) is 1. The number of hydrogen-bond acceptors (Lipinski definition) is 2. The molecular formula is C23H23ClF2O3. The highest BCUT2D eigenvalue weighted by molar-refractivity contribution is 6.30. The van der Waals surface area contributed by atoms with Gasteiger partial charge in [0.25, 0.3) is 5.92 Å². The minimum atomic E-state index is -2.78. The Labute approximate surface area is 174 Å². The topological polar surface area (TPSA) is 46.5 Å². The smallest absolute Gasteiger partial charge is 0.303 e. The number of halogens is 3. The zero-order chi connectivity index (χ0) is 21.2. The van der Waals surface area contributed by atoms with Crippen LogP contribution in [0.2, 0.25) is 5.02 Å². The first-order valence-electron chi connectivity index (χ1n) is 9.44. The first kappa shape index (κ1) is 21.3. The predicted octanol–water partition coefficient (Wildman–Crippen LogP) is 6.24. The van der Waals surface area contributed by atoms with Crippen LogP contribution in [-0.4, -0.2) is 23.6 Å². The number of hydrogen-bond donors (Lipinski definition) is 1. The lowest BCUT2D eigenvalue weighted by Crippen LogP contribution is -2.12. The lowest BCUT2D eigenvalue weighted by atomic mass is 9.99. The van der Waals surface area contributed by atoms with Crippen molar-refractivity contribution >= 4 is 23.1 Å². The number of aryl methyl sites for hydroxylation is 1. The van der Waals surface area contributed by atoms with Gasteiger partial charge >= 0.3 is 5.97 Å². The molecule has 0 radical (unpaired) electrons. The second-order valence-electron chi connectivity index (χ2n) is 7.45. The summed E-state index contributed by atoms with van der Waals surface area (Å²) in [6, 6.07) is 10.5. The Morgan fingerprint density at radius 2 is 1.79 bits per heavy atom. The minimum Gasteiger partial charge on any atom is -0.489 e. The van der Waals surface area contributed by atoms with E-state index in [0.717, 1.165) is 22.3 Å². The second kappa shape index (κ2) is 8.54. The maximum absolute atomic E-state index is 14.1. The summed E-state index contributed by atoms with van der Waals surface area (Å²) in [6.07, 6.45) is -0.119. The third-order valence-electron chi connectivity index (χ3n) is 5.39. The van der Waals surface area contributed by atoms with Crippen molar-refractivity contribution in [1.82, 2.24) is 0 Å². The van der Waals surface area contributed by atoms with Gasteiger partial charge in [-0.15, -0.1) is 0 Å². The van der Waals surface area contributed by atoms with Crippen LogP contribution in [0.15, 0.2) is 42.0 Å². The maximum atomic E-state index is 14.1. The molecule has 1 N–H and O–H groups in total. The van der Waals surface area contributed by atoms with Crippen molar-refractivity contribution in [1.29, 1.82) is 0 Å². The molecule has 0 bridgehead atoms. The van der Waals surface area contributed by atoms with E-state index in [2.05, 4.69) is 0 Å². The molecule has 0 aliphatic heterocycles. The fraction of sp³-hybridized carbons (Fsp3) is 0.348. The molecule has 0 atom stereocenters. The maximum Gasteiger partial charge on any atom is 0.303 e. The highest BCUT2D eigenvalue weighted by atomic mass is 35.5. The number of carboxylic acids is 1. The van der Waals surface area contributed by atoms with Gasteiger partial charge in [-0.25, -0.2) is 8.78 Å². The molecule has 3 nitrogen and oxygen atoms in total. The van der Waals surface area contributed by atoms with Crippen molar-refractivity contribution in [3.05, 3.63) is 69.2 Å². The molecule has 1 aliphatic rings. The van der Waals surface area contributed by atoms with Crippen LogP contribution in [0.1, 0.15) is 41.5 Å². The average molecular weight is 421 g/mol. The Balaban J connectivity index is 1.79. The lowest BCUT2D eigenvalue weighted by molar-refractivity contribution is -0.136. The largest absolute Gasteiger partial charge is 0.489 e. The number of allylic oxidation sites excluding steroid dienone is 1. The highest BCUT2D eigenvalue weighted by Gasteiger charge is 2.39. The number of ether oxygens (including phenoxy) is 1. The summed E-state index contributed by atoms with van der Waals surface area (Å²) in [5.41, 5.74) is 4.75. The molecule has 0 fully saturated rings. The molecule has 0 amide bonds. The van der Waals surface area contributed by atoms with Crippen molar-refractivity contribution in [2.24, 2.45) is 0 Å². The highest BCUT2D eigenvalue weighted by Crippen LogP contribution is 2.44.